The fourth-order valence-corrected chi connectivity index (χ4v) is 4.30. The third kappa shape index (κ3) is 3.54. The average Bonchev–Trinajstić information content (AvgIpc) is 2.59. The first-order valence-corrected chi connectivity index (χ1v) is 9.56. The largest absolute Gasteiger partial charge is 0.444 e. The summed E-state index contributed by atoms with van der Waals surface area (Å²) >= 11 is 0. The average molecular weight is 369 g/mol. The lowest BCUT2D eigenvalue weighted by Gasteiger charge is -2.51. The number of morpholine rings is 1. The molecule has 2 aliphatic rings. The van der Waals surface area contributed by atoms with E-state index in [-0.39, 0.29) is 18.2 Å². The Hall–Kier alpha value is -2.11. The van der Waals surface area contributed by atoms with Gasteiger partial charge in [-0.1, -0.05) is 36.4 Å². The number of fused-ring (bicyclic) bond motifs is 3. The van der Waals surface area contributed by atoms with Crippen LogP contribution in [0, 0.1) is 0 Å². The second-order valence-corrected chi connectivity index (χ2v) is 8.73. The number of nitrogens with zero attached hydrogens (tertiary/aromatic N) is 1. The number of piperidine rings is 1. The first kappa shape index (κ1) is 18.3. The number of hydrogen-bond donors (Lipinski definition) is 1. The van der Waals surface area contributed by atoms with E-state index >= 15 is 0 Å². The van der Waals surface area contributed by atoms with Gasteiger partial charge < -0.3 is 14.6 Å². The Labute approximate surface area is 159 Å². The van der Waals surface area contributed by atoms with Crippen molar-refractivity contribution in [3.63, 3.8) is 0 Å². The van der Waals surface area contributed by atoms with Gasteiger partial charge in [-0.25, -0.2) is 4.79 Å². The van der Waals surface area contributed by atoms with Gasteiger partial charge in [0, 0.05) is 12.8 Å². The molecular formula is C22H27NO4. The highest BCUT2D eigenvalue weighted by atomic mass is 16.6. The molecule has 0 spiro atoms. The predicted molar refractivity (Wildman–Crippen MR) is 104 cm³/mol. The van der Waals surface area contributed by atoms with Crippen LogP contribution in [0.3, 0.4) is 0 Å². The molecule has 27 heavy (non-hydrogen) atoms. The Morgan fingerprint density at radius 2 is 1.74 bits per heavy atom. The first-order chi connectivity index (χ1) is 12.8. The van der Waals surface area contributed by atoms with Gasteiger partial charge in [-0.15, -0.1) is 0 Å². The standard InChI is InChI=1S/C22H27NO4/c1-21(2,3)27-20(24)23-18-11-22(25,12-19(23)14-26-13-18)17-9-8-15-6-4-5-7-16(15)10-17/h4-10,18-19,25H,11-14H2,1-3H3. The molecule has 0 radical (unpaired) electrons. The van der Waals surface area contributed by atoms with Crippen molar-refractivity contribution in [1.82, 2.24) is 4.90 Å². The SMILES string of the molecule is CC(C)(C)OC(=O)N1C2COCC1CC(O)(c1ccc3ccccc3c1)C2. The molecule has 5 heteroatoms. The van der Waals surface area contributed by atoms with Crippen molar-refractivity contribution in [3.8, 4) is 0 Å². The van der Waals surface area contributed by atoms with Crippen molar-refractivity contribution in [2.24, 2.45) is 0 Å². The number of benzene rings is 2. The third-order valence-electron chi connectivity index (χ3n) is 5.45. The molecule has 2 unspecified atom stereocenters. The number of aliphatic hydroxyl groups is 1. The maximum absolute atomic E-state index is 12.7. The lowest BCUT2D eigenvalue weighted by atomic mass is 9.76. The molecule has 1 amide bonds. The third-order valence-corrected chi connectivity index (χ3v) is 5.45. The van der Waals surface area contributed by atoms with Crippen molar-refractivity contribution in [2.75, 3.05) is 13.2 Å². The maximum atomic E-state index is 12.7. The van der Waals surface area contributed by atoms with Crippen LogP contribution in [0.2, 0.25) is 0 Å². The minimum Gasteiger partial charge on any atom is -0.444 e. The molecule has 2 aliphatic heterocycles. The quantitative estimate of drug-likeness (QED) is 0.830. The summed E-state index contributed by atoms with van der Waals surface area (Å²) in [5, 5.41) is 13.8. The van der Waals surface area contributed by atoms with E-state index in [0.717, 1.165) is 16.3 Å². The van der Waals surface area contributed by atoms with Crippen LogP contribution in [0.4, 0.5) is 4.79 Å². The van der Waals surface area contributed by atoms with Crippen LogP contribution in [-0.2, 0) is 15.1 Å². The fraction of sp³-hybridized carbons (Fsp3) is 0.500. The molecule has 5 nitrogen and oxygen atoms in total. The summed E-state index contributed by atoms with van der Waals surface area (Å²) < 4.78 is 11.3. The van der Waals surface area contributed by atoms with Crippen molar-refractivity contribution in [1.29, 1.82) is 0 Å². The van der Waals surface area contributed by atoms with Gasteiger partial charge in [-0.2, -0.15) is 0 Å². The summed E-state index contributed by atoms with van der Waals surface area (Å²) in [6.45, 7) is 6.45. The number of carbonyl (C=O) groups is 1. The smallest absolute Gasteiger partial charge is 0.410 e. The number of amides is 1. The molecular weight excluding hydrogens is 342 g/mol. The molecule has 2 bridgehead atoms. The number of rotatable bonds is 1. The van der Waals surface area contributed by atoms with Crippen LogP contribution in [0.25, 0.3) is 10.8 Å². The van der Waals surface area contributed by atoms with E-state index in [1.165, 1.54) is 0 Å². The van der Waals surface area contributed by atoms with E-state index in [9.17, 15) is 9.90 Å². The Bertz CT molecular complexity index is 843. The summed E-state index contributed by atoms with van der Waals surface area (Å²) in [7, 11) is 0. The molecule has 2 aromatic carbocycles. The monoisotopic (exact) mass is 369 g/mol. The summed E-state index contributed by atoms with van der Waals surface area (Å²) in [6.07, 6.45) is 0.573. The van der Waals surface area contributed by atoms with Gasteiger partial charge in [0.05, 0.1) is 30.9 Å². The zero-order valence-electron chi connectivity index (χ0n) is 16.1. The molecule has 0 aliphatic carbocycles. The molecule has 4 rings (SSSR count). The first-order valence-electron chi connectivity index (χ1n) is 9.56. The van der Waals surface area contributed by atoms with Crippen LogP contribution in [-0.4, -0.2) is 47.0 Å². The van der Waals surface area contributed by atoms with Crippen LogP contribution in [0.15, 0.2) is 42.5 Å². The fourth-order valence-electron chi connectivity index (χ4n) is 4.30. The van der Waals surface area contributed by atoms with Crippen molar-refractivity contribution in [3.05, 3.63) is 48.0 Å². The van der Waals surface area contributed by atoms with Crippen LogP contribution in [0.5, 0.6) is 0 Å². The topological polar surface area (TPSA) is 59.0 Å². The normalized spacial score (nSPS) is 28.2. The van der Waals surface area contributed by atoms with Crippen molar-refractivity contribution < 1.29 is 19.4 Å². The highest BCUT2D eigenvalue weighted by Gasteiger charge is 2.49. The second kappa shape index (κ2) is 6.50. The highest BCUT2D eigenvalue weighted by Crippen LogP contribution is 2.42. The molecule has 1 N–H and O–H groups in total. The van der Waals surface area contributed by atoms with Gasteiger partial charge >= 0.3 is 6.09 Å². The number of carbonyl (C=O) groups excluding carboxylic acids is 1. The number of hydrogen-bond acceptors (Lipinski definition) is 4. The zero-order chi connectivity index (χ0) is 19.2. The molecule has 144 valence electrons. The Balaban J connectivity index is 1.62. The Morgan fingerprint density at radius 3 is 2.37 bits per heavy atom. The zero-order valence-corrected chi connectivity index (χ0v) is 16.1. The molecule has 2 atom stereocenters. The van der Waals surface area contributed by atoms with Gasteiger partial charge in [0.15, 0.2) is 0 Å². The minimum absolute atomic E-state index is 0.191. The van der Waals surface area contributed by atoms with Gasteiger partial charge in [0.1, 0.15) is 5.60 Å². The van der Waals surface area contributed by atoms with Crippen LogP contribution >= 0.6 is 0 Å². The summed E-state index contributed by atoms with van der Waals surface area (Å²) in [4.78, 5) is 14.5. The van der Waals surface area contributed by atoms with Gasteiger partial charge in [-0.3, -0.25) is 4.90 Å². The summed E-state index contributed by atoms with van der Waals surface area (Å²) in [5.41, 5.74) is -0.609. The lowest BCUT2D eigenvalue weighted by molar-refractivity contribution is -0.141. The molecule has 0 aromatic heterocycles. The minimum atomic E-state index is -0.971. The Morgan fingerprint density at radius 1 is 1.11 bits per heavy atom. The van der Waals surface area contributed by atoms with Crippen molar-refractivity contribution in [2.45, 2.75) is 56.9 Å². The van der Waals surface area contributed by atoms with E-state index in [4.69, 9.17) is 9.47 Å². The molecule has 0 saturated carbocycles. The molecule has 2 fully saturated rings. The summed E-state index contributed by atoms with van der Waals surface area (Å²) in [6, 6.07) is 13.9. The van der Waals surface area contributed by atoms with Gasteiger partial charge in [-0.05, 0) is 43.2 Å². The van der Waals surface area contributed by atoms with Gasteiger partial charge in [0.2, 0.25) is 0 Å². The highest BCUT2D eigenvalue weighted by molar-refractivity contribution is 5.83. The molecule has 2 saturated heterocycles. The summed E-state index contributed by atoms with van der Waals surface area (Å²) in [5.74, 6) is 0. The van der Waals surface area contributed by atoms with E-state index in [0.29, 0.717) is 26.1 Å². The van der Waals surface area contributed by atoms with Crippen LogP contribution < -0.4 is 0 Å². The molecule has 2 heterocycles. The number of ether oxygens (including phenoxy) is 2. The predicted octanol–water partition coefficient (Wildman–Crippen LogP) is 3.83. The van der Waals surface area contributed by atoms with Crippen LogP contribution in [0.1, 0.15) is 39.2 Å². The van der Waals surface area contributed by atoms with E-state index in [1.54, 1.807) is 4.90 Å². The van der Waals surface area contributed by atoms with Crippen molar-refractivity contribution >= 4 is 16.9 Å². The lowest BCUT2D eigenvalue weighted by Crippen LogP contribution is -2.63. The second-order valence-electron chi connectivity index (χ2n) is 8.73. The van der Waals surface area contributed by atoms with E-state index in [1.807, 2.05) is 39.0 Å². The molecule has 2 aromatic rings. The Kier molecular flexibility index (Phi) is 4.40. The van der Waals surface area contributed by atoms with E-state index < -0.39 is 11.2 Å². The maximum Gasteiger partial charge on any atom is 0.410 e. The van der Waals surface area contributed by atoms with E-state index in [2.05, 4.69) is 24.3 Å². The van der Waals surface area contributed by atoms with Gasteiger partial charge in [0.25, 0.3) is 0 Å².